The molecule has 6 nitrogen and oxygen atoms in total. The van der Waals surface area contributed by atoms with Crippen molar-refractivity contribution in [2.75, 3.05) is 12.3 Å². The van der Waals surface area contributed by atoms with E-state index in [-0.39, 0.29) is 12.2 Å². The fourth-order valence-corrected chi connectivity index (χ4v) is 2.74. The van der Waals surface area contributed by atoms with Crippen molar-refractivity contribution in [3.63, 3.8) is 0 Å². The smallest absolute Gasteiger partial charge is 0.344 e. The minimum atomic E-state index is -0.504. The Hall–Kier alpha value is -2.89. The third-order valence-corrected chi connectivity index (χ3v) is 4.06. The summed E-state index contributed by atoms with van der Waals surface area (Å²) < 4.78 is 7.06. The van der Waals surface area contributed by atoms with Gasteiger partial charge < -0.3 is 15.0 Å². The summed E-state index contributed by atoms with van der Waals surface area (Å²) in [6.07, 6.45) is 2.44. The Morgan fingerprint density at radius 1 is 1.32 bits per heavy atom. The van der Waals surface area contributed by atoms with Gasteiger partial charge in [0, 0.05) is 6.54 Å². The highest BCUT2D eigenvalue weighted by Gasteiger charge is 2.24. The largest absolute Gasteiger partial charge is 0.458 e. The lowest BCUT2D eigenvalue weighted by Gasteiger charge is -2.09. The number of benzene rings is 1. The Labute approximate surface area is 146 Å². The molecule has 3 rings (SSSR count). The maximum Gasteiger partial charge on any atom is 0.344 e. The number of rotatable bonds is 6. The first-order chi connectivity index (χ1) is 12.0. The zero-order chi connectivity index (χ0) is 18.0. The van der Waals surface area contributed by atoms with Crippen molar-refractivity contribution < 1.29 is 9.53 Å². The minimum Gasteiger partial charge on any atom is -0.458 e. The fourth-order valence-electron chi connectivity index (χ4n) is 2.74. The molecular weight excluding hydrogens is 316 g/mol. The molecule has 0 aliphatic heterocycles. The van der Waals surface area contributed by atoms with Crippen LogP contribution in [0.4, 0.5) is 5.82 Å². The molecule has 130 valence electrons. The molecule has 0 aliphatic rings. The van der Waals surface area contributed by atoms with Crippen molar-refractivity contribution in [3.05, 3.63) is 42.5 Å². The first-order valence-corrected chi connectivity index (χ1v) is 8.35. The van der Waals surface area contributed by atoms with Crippen LogP contribution < -0.4 is 5.73 Å². The van der Waals surface area contributed by atoms with Crippen LogP contribution in [0.3, 0.4) is 0 Å². The van der Waals surface area contributed by atoms with E-state index in [1.807, 2.05) is 28.8 Å². The topological polar surface area (TPSA) is 83.0 Å². The van der Waals surface area contributed by atoms with Gasteiger partial charge in [-0.1, -0.05) is 38.6 Å². The summed E-state index contributed by atoms with van der Waals surface area (Å²) in [6, 6.07) is 7.56. The van der Waals surface area contributed by atoms with Gasteiger partial charge in [-0.3, -0.25) is 0 Å². The average molecular weight is 338 g/mol. The number of fused-ring (bicyclic) bond motifs is 2. The van der Waals surface area contributed by atoms with E-state index < -0.39 is 5.97 Å². The van der Waals surface area contributed by atoms with Gasteiger partial charge in [-0.05, 0) is 24.5 Å². The van der Waals surface area contributed by atoms with Crippen molar-refractivity contribution in [2.45, 2.75) is 26.8 Å². The summed E-state index contributed by atoms with van der Waals surface area (Å²) >= 11 is 0. The summed E-state index contributed by atoms with van der Waals surface area (Å²) in [6.45, 7) is 8.64. The van der Waals surface area contributed by atoms with Gasteiger partial charge in [0.25, 0.3) is 0 Å². The molecule has 2 N–H and O–H groups in total. The fraction of sp³-hybridized carbons (Fsp3) is 0.316. The Balaban J connectivity index is 2.22. The van der Waals surface area contributed by atoms with Crippen molar-refractivity contribution in [1.29, 1.82) is 0 Å². The van der Waals surface area contributed by atoms with Crippen LogP contribution in [-0.2, 0) is 11.3 Å². The van der Waals surface area contributed by atoms with Gasteiger partial charge in [-0.15, -0.1) is 0 Å². The van der Waals surface area contributed by atoms with E-state index in [0.29, 0.717) is 35.0 Å². The Morgan fingerprint density at radius 3 is 2.64 bits per heavy atom. The van der Waals surface area contributed by atoms with Gasteiger partial charge >= 0.3 is 5.97 Å². The van der Waals surface area contributed by atoms with E-state index in [2.05, 4.69) is 25.4 Å². The van der Waals surface area contributed by atoms with Gasteiger partial charge in [-0.2, -0.15) is 0 Å². The zero-order valence-electron chi connectivity index (χ0n) is 14.5. The number of aromatic nitrogens is 3. The van der Waals surface area contributed by atoms with Gasteiger partial charge in [0.05, 0.1) is 11.0 Å². The number of nitrogens with zero attached hydrogens (tertiary/aromatic N) is 3. The molecule has 1 aromatic carbocycles. The van der Waals surface area contributed by atoms with E-state index >= 15 is 0 Å². The molecular formula is C19H22N4O2. The highest BCUT2D eigenvalue weighted by Crippen LogP contribution is 2.29. The molecule has 2 aromatic heterocycles. The SMILES string of the molecule is C=CCOC(=O)c1c(N)n(CCC(C)C)c2nc3ccccc3nc12. The first-order valence-electron chi connectivity index (χ1n) is 8.35. The summed E-state index contributed by atoms with van der Waals surface area (Å²) in [5.74, 6) is 0.344. The quantitative estimate of drug-likeness (QED) is 0.549. The maximum absolute atomic E-state index is 12.5. The van der Waals surface area contributed by atoms with Crippen LogP contribution in [0.1, 0.15) is 30.6 Å². The third kappa shape index (κ3) is 3.20. The lowest BCUT2D eigenvalue weighted by Crippen LogP contribution is -2.10. The number of carbonyl (C=O) groups is 1. The second-order valence-electron chi connectivity index (χ2n) is 6.37. The van der Waals surface area contributed by atoms with Crippen LogP contribution in [0.5, 0.6) is 0 Å². The second kappa shape index (κ2) is 6.93. The van der Waals surface area contributed by atoms with Crippen molar-refractivity contribution in [1.82, 2.24) is 14.5 Å². The van der Waals surface area contributed by atoms with Gasteiger partial charge in [0.1, 0.15) is 23.5 Å². The molecule has 0 aliphatic carbocycles. The normalized spacial score (nSPS) is 11.3. The van der Waals surface area contributed by atoms with E-state index in [1.54, 1.807) is 0 Å². The van der Waals surface area contributed by atoms with Gasteiger partial charge in [0.2, 0.25) is 0 Å². The number of aryl methyl sites for hydroxylation is 1. The van der Waals surface area contributed by atoms with E-state index in [1.165, 1.54) is 6.08 Å². The van der Waals surface area contributed by atoms with E-state index in [0.717, 1.165) is 11.9 Å². The van der Waals surface area contributed by atoms with Crippen LogP contribution in [-0.4, -0.2) is 27.1 Å². The number of esters is 1. The molecule has 0 unspecified atom stereocenters. The molecule has 0 spiro atoms. The van der Waals surface area contributed by atoms with Crippen LogP contribution in [0.15, 0.2) is 36.9 Å². The Kier molecular flexibility index (Phi) is 4.70. The van der Waals surface area contributed by atoms with Gasteiger partial charge in [0.15, 0.2) is 5.65 Å². The Bertz CT molecular complexity index is 943. The van der Waals surface area contributed by atoms with Gasteiger partial charge in [-0.25, -0.2) is 14.8 Å². The van der Waals surface area contributed by atoms with Crippen molar-refractivity contribution in [2.24, 2.45) is 5.92 Å². The molecule has 6 heteroatoms. The lowest BCUT2D eigenvalue weighted by molar-refractivity contribution is 0.0553. The second-order valence-corrected chi connectivity index (χ2v) is 6.37. The van der Waals surface area contributed by atoms with Crippen LogP contribution >= 0.6 is 0 Å². The summed E-state index contributed by atoms with van der Waals surface area (Å²) in [7, 11) is 0. The van der Waals surface area contributed by atoms with E-state index in [9.17, 15) is 4.79 Å². The minimum absolute atomic E-state index is 0.123. The number of hydrogen-bond acceptors (Lipinski definition) is 5. The number of para-hydroxylation sites is 2. The molecule has 25 heavy (non-hydrogen) atoms. The first kappa shape index (κ1) is 17.0. The molecule has 0 atom stereocenters. The number of nitrogens with two attached hydrogens (primary N) is 1. The number of hydrogen-bond donors (Lipinski definition) is 1. The standard InChI is InChI=1S/C19H22N4O2/c1-4-11-25-19(24)15-16-18(23(17(15)20)10-9-12(2)3)22-14-8-6-5-7-13(14)21-16/h4-8,12H,1,9-11,20H2,2-3H3. The maximum atomic E-state index is 12.5. The third-order valence-electron chi connectivity index (χ3n) is 4.06. The monoisotopic (exact) mass is 338 g/mol. The molecule has 3 aromatic rings. The number of carbonyl (C=O) groups excluding carboxylic acids is 1. The average Bonchev–Trinajstić information content (AvgIpc) is 2.86. The highest BCUT2D eigenvalue weighted by atomic mass is 16.5. The number of nitrogen functional groups attached to an aromatic ring is 1. The summed E-state index contributed by atoms with van der Waals surface area (Å²) in [5, 5.41) is 0. The Morgan fingerprint density at radius 2 is 2.00 bits per heavy atom. The van der Waals surface area contributed by atoms with Crippen molar-refractivity contribution in [3.8, 4) is 0 Å². The summed E-state index contributed by atoms with van der Waals surface area (Å²) in [4.78, 5) is 21.8. The molecule has 0 amide bonds. The lowest BCUT2D eigenvalue weighted by atomic mass is 10.1. The molecule has 2 heterocycles. The molecule has 0 bridgehead atoms. The number of anilines is 1. The predicted octanol–water partition coefficient (Wildman–Crippen LogP) is 3.56. The van der Waals surface area contributed by atoms with Crippen LogP contribution in [0.25, 0.3) is 22.2 Å². The van der Waals surface area contributed by atoms with Crippen LogP contribution in [0.2, 0.25) is 0 Å². The zero-order valence-corrected chi connectivity index (χ0v) is 14.5. The van der Waals surface area contributed by atoms with E-state index in [4.69, 9.17) is 15.5 Å². The number of ether oxygens (including phenoxy) is 1. The predicted molar refractivity (Wildman–Crippen MR) is 99.4 cm³/mol. The molecule has 0 saturated heterocycles. The van der Waals surface area contributed by atoms with Crippen LogP contribution in [0, 0.1) is 5.92 Å². The summed E-state index contributed by atoms with van der Waals surface area (Å²) in [5.41, 5.74) is 9.15. The molecule has 0 radical (unpaired) electrons. The molecule has 0 saturated carbocycles. The molecule has 0 fully saturated rings. The highest BCUT2D eigenvalue weighted by molar-refractivity contribution is 6.08. The van der Waals surface area contributed by atoms with Crippen molar-refractivity contribution >= 4 is 34.0 Å².